The molecule has 1 saturated carbocycles. The van der Waals surface area contributed by atoms with Gasteiger partial charge in [-0.05, 0) is 44.1 Å². The third-order valence-corrected chi connectivity index (χ3v) is 7.32. The Labute approximate surface area is 153 Å². The summed E-state index contributed by atoms with van der Waals surface area (Å²) in [7, 11) is 0. The lowest BCUT2D eigenvalue weighted by Crippen LogP contribution is -2.49. The smallest absolute Gasteiger partial charge is 0.243 e. The van der Waals surface area contributed by atoms with E-state index in [4.69, 9.17) is 0 Å². The molecule has 134 valence electrons. The van der Waals surface area contributed by atoms with Crippen molar-refractivity contribution in [2.24, 2.45) is 10.8 Å². The minimum atomic E-state index is -0.711. The number of carbonyl (C=O) groups excluding carboxylic acids is 1. The van der Waals surface area contributed by atoms with E-state index in [0.717, 1.165) is 71.2 Å². The minimum absolute atomic E-state index is 0.111. The minimum Gasteiger partial charge on any atom is -0.341 e. The van der Waals surface area contributed by atoms with Crippen LogP contribution in [0.2, 0.25) is 0 Å². The zero-order chi connectivity index (χ0) is 17.3. The molecule has 0 radical (unpaired) electrons. The Bertz CT molecular complexity index is 651. The summed E-state index contributed by atoms with van der Waals surface area (Å²) in [6.45, 7) is 4.87. The maximum absolute atomic E-state index is 12.9. The molecule has 5 nitrogen and oxygen atoms in total. The fourth-order valence-corrected chi connectivity index (χ4v) is 5.59. The second-order valence-corrected chi connectivity index (χ2v) is 9.06. The first-order valence-corrected chi connectivity index (χ1v) is 10.3. The first-order chi connectivity index (χ1) is 12.1. The van der Waals surface area contributed by atoms with Crippen LogP contribution >= 0.6 is 11.3 Å². The van der Waals surface area contributed by atoms with Crippen LogP contribution in [0.25, 0.3) is 0 Å². The maximum atomic E-state index is 12.9. The van der Waals surface area contributed by atoms with E-state index in [0.29, 0.717) is 5.41 Å². The number of aromatic nitrogens is 1. The van der Waals surface area contributed by atoms with Crippen molar-refractivity contribution < 1.29 is 4.79 Å². The quantitative estimate of drug-likeness (QED) is 0.833. The van der Waals surface area contributed by atoms with Gasteiger partial charge in [0, 0.05) is 31.2 Å². The van der Waals surface area contributed by atoms with Gasteiger partial charge in [-0.2, -0.15) is 5.26 Å². The monoisotopic (exact) mass is 358 g/mol. The number of hydrogen-bond donors (Lipinski definition) is 0. The van der Waals surface area contributed by atoms with Gasteiger partial charge in [0.2, 0.25) is 5.91 Å². The van der Waals surface area contributed by atoms with Crippen LogP contribution in [-0.4, -0.2) is 46.9 Å². The molecular formula is C19H26N4OS. The van der Waals surface area contributed by atoms with Gasteiger partial charge >= 0.3 is 0 Å². The third-order valence-electron chi connectivity index (χ3n) is 6.55. The predicted octanol–water partition coefficient (Wildman–Crippen LogP) is 3.04. The fourth-order valence-electron chi connectivity index (χ4n) is 4.93. The molecule has 25 heavy (non-hydrogen) atoms. The van der Waals surface area contributed by atoms with Gasteiger partial charge in [0.05, 0.1) is 12.6 Å². The number of amides is 1. The van der Waals surface area contributed by atoms with Gasteiger partial charge in [0.15, 0.2) is 0 Å². The van der Waals surface area contributed by atoms with E-state index in [-0.39, 0.29) is 5.91 Å². The van der Waals surface area contributed by atoms with Crippen LogP contribution in [0.15, 0.2) is 11.6 Å². The molecule has 1 aromatic rings. The predicted molar refractivity (Wildman–Crippen MR) is 96.8 cm³/mol. The van der Waals surface area contributed by atoms with Crippen molar-refractivity contribution in [3.8, 4) is 6.07 Å². The van der Waals surface area contributed by atoms with Crippen LogP contribution < -0.4 is 0 Å². The first-order valence-electron chi connectivity index (χ1n) is 9.46. The lowest BCUT2D eigenvalue weighted by Gasteiger charge is -2.41. The highest BCUT2D eigenvalue weighted by Gasteiger charge is 2.47. The number of carbonyl (C=O) groups is 1. The van der Waals surface area contributed by atoms with Gasteiger partial charge in [-0.1, -0.05) is 12.8 Å². The number of nitriles is 1. The zero-order valence-electron chi connectivity index (χ0n) is 14.7. The fraction of sp³-hybridized carbons (Fsp3) is 0.737. The topological polar surface area (TPSA) is 60.2 Å². The van der Waals surface area contributed by atoms with Gasteiger partial charge in [-0.15, -0.1) is 11.3 Å². The second-order valence-electron chi connectivity index (χ2n) is 8.08. The Morgan fingerprint density at radius 3 is 2.56 bits per heavy atom. The van der Waals surface area contributed by atoms with Gasteiger partial charge in [-0.3, -0.25) is 9.69 Å². The first kappa shape index (κ1) is 17.0. The number of hydrogen-bond acceptors (Lipinski definition) is 5. The molecule has 3 aliphatic rings. The standard InChI is InChI=1S/C19H26N4OS/c20-14-19(3-1-2-4-19)17(24)23-10-6-18(7-11-23)5-9-22(15-18)13-16-21-8-12-25-16/h8,12H,1-7,9-11,13,15H2. The molecule has 4 rings (SSSR count). The highest BCUT2D eigenvalue weighted by atomic mass is 32.1. The SMILES string of the molecule is N#CC1(C(=O)N2CCC3(CCN(Cc4nccs4)C3)CC2)CCCC1. The molecule has 1 spiro atoms. The summed E-state index contributed by atoms with van der Waals surface area (Å²) in [6, 6.07) is 2.36. The highest BCUT2D eigenvalue weighted by molar-refractivity contribution is 7.09. The van der Waals surface area contributed by atoms with E-state index in [1.807, 2.05) is 16.5 Å². The molecule has 1 amide bonds. The number of thiazole rings is 1. The Morgan fingerprint density at radius 1 is 1.20 bits per heavy atom. The molecule has 3 heterocycles. The summed E-state index contributed by atoms with van der Waals surface area (Å²) in [5.74, 6) is 0.111. The zero-order valence-corrected chi connectivity index (χ0v) is 15.6. The van der Waals surface area contributed by atoms with Gasteiger partial charge < -0.3 is 4.90 Å². The van der Waals surface area contributed by atoms with Crippen LogP contribution in [0, 0.1) is 22.2 Å². The molecule has 2 aliphatic heterocycles. The van der Waals surface area contributed by atoms with E-state index < -0.39 is 5.41 Å². The largest absolute Gasteiger partial charge is 0.341 e. The van der Waals surface area contributed by atoms with Gasteiger partial charge in [0.1, 0.15) is 10.4 Å². The Morgan fingerprint density at radius 2 is 1.92 bits per heavy atom. The van der Waals surface area contributed by atoms with Crippen molar-refractivity contribution in [1.82, 2.24) is 14.8 Å². The number of piperidine rings is 1. The molecule has 1 aliphatic carbocycles. The van der Waals surface area contributed by atoms with Crippen molar-refractivity contribution in [2.75, 3.05) is 26.2 Å². The molecule has 3 fully saturated rings. The molecule has 0 aromatic carbocycles. The van der Waals surface area contributed by atoms with Crippen LogP contribution in [0.3, 0.4) is 0 Å². The van der Waals surface area contributed by atoms with E-state index in [1.165, 1.54) is 11.4 Å². The van der Waals surface area contributed by atoms with E-state index >= 15 is 0 Å². The lowest BCUT2D eigenvalue weighted by atomic mass is 9.76. The van der Waals surface area contributed by atoms with Gasteiger partial charge in [-0.25, -0.2) is 4.98 Å². The van der Waals surface area contributed by atoms with Crippen LogP contribution in [0.5, 0.6) is 0 Å². The summed E-state index contributed by atoms with van der Waals surface area (Å²) >= 11 is 1.73. The Hall–Kier alpha value is -1.45. The summed E-state index contributed by atoms with van der Waals surface area (Å²) in [4.78, 5) is 21.8. The van der Waals surface area contributed by atoms with Crippen molar-refractivity contribution in [3.05, 3.63) is 16.6 Å². The van der Waals surface area contributed by atoms with Gasteiger partial charge in [0.25, 0.3) is 0 Å². The molecule has 0 bridgehead atoms. The molecular weight excluding hydrogens is 332 g/mol. The molecule has 0 N–H and O–H groups in total. The van der Waals surface area contributed by atoms with Crippen LogP contribution in [-0.2, 0) is 11.3 Å². The summed E-state index contributed by atoms with van der Waals surface area (Å²) in [6.07, 6.45) is 8.81. The number of nitrogens with zero attached hydrogens (tertiary/aromatic N) is 4. The molecule has 0 atom stereocenters. The Balaban J connectivity index is 1.34. The average molecular weight is 359 g/mol. The van der Waals surface area contributed by atoms with Crippen molar-refractivity contribution >= 4 is 17.2 Å². The third kappa shape index (κ3) is 3.20. The molecule has 2 saturated heterocycles. The molecule has 1 aromatic heterocycles. The highest BCUT2D eigenvalue weighted by Crippen LogP contribution is 2.44. The Kier molecular flexibility index (Phi) is 4.55. The van der Waals surface area contributed by atoms with Crippen LogP contribution in [0.1, 0.15) is 50.0 Å². The summed E-state index contributed by atoms with van der Waals surface area (Å²) < 4.78 is 0. The lowest BCUT2D eigenvalue weighted by molar-refractivity contribution is -0.141. The number of rotatable bonds is 3. The average Bonchev–Trinajstić information content (AvgIpc) is 3.38. The van der Waals surface area contributed by atoms with E-state index in [9.17, 15) is 10.1 Å². The summed E-state index contributed by atoms with van der Waals surface area (Å²) in [5.41, 5.74) is -0.347. The van der Waals surface area contributed by atoms with Crippen molar-refractivity contribution in [2.45, 2.75) is 51.5 Å². The molecule has 0 unspecified atom stereocenters. The van der Waals surface area contributed by atoms with E-state index in [2.05, 4.69) is 16.0 Å². The molecule has 6 heteroatoms. The normalized spacial score (nSPS) is 25.3. The van der Waals surface area contributed by atoms with Crippen molar-refractivity contribution in [1.29, 1.82) is 5.26 Å². The summed E-state index contributed by atoms with van der Waals surface area (Å²) in [5, 5.41) is 12.8. The van der Waals surface area contributed by atoms with Crippen molar-refractivity contribution in [3.63, 3.8) is 0 Å². The van der Waals surface area contributed by atoms with Crippen LogP contribution in [0.4, 0.5) is 0 Å². The maximum Gasteiger partial charge on any atom is 0.243 e. The van der Waals surface area contributed by atoms with E-state index in [1.54, 1.807) is 11.3 Å². The number of likely N-dealkylation sites (tertiary alicyclic amines) is 2. The second kappa shape index (κ2) is 6.69.